The van der Waals surface area contributed by atoms with Crippen LogP contribution in [0.3, 0.4) is 0 Å². The highest BCUT2D eigenvalue weighted by Gasteiger charge is 2.11. The minimum absolute atomic E-state index is 0.0746. The Hall–Kier alpha value is -2.17. The molecule has 1 heterocycles. The lowest BCUT2D eigenvalue weighted by Gasteiger charge is -2.15. The van der Waals surface area contributed by atoms with E-state index in [1.807, 2.05) is 32.9 Å². The number of nitrogens with two attached hydrogens (primary N) is 1. The molecule has 0 bridgehead atoms. The molecule has 0 aliphatic carbocycles. The van der Waals surface area contributed by atoms with Crippen LogP contribution < -0.4 is 10.5 Å². The van der Waals surface area contributed by atoms with Crippen molar-refractivity contribution in [3.05, 3.63) is 46.9 Å². The Morgan fingerprint density at radius 1 is 1.21 bits per heavy atom. The zero-order chi connectivity index (χ0) is 14.0. The van der Waals surface area contributed by atoms with Crippen molar-refractivity contribution in [3.63, 3.8) is 0 Å². The van der Waals surface area contributed by atoms with Gasteiger partial charge in [-0.15, -0.1) is 0 Å². The first-order chi connectivity index (χ1) is 8.95. The van der Waals surface area contributed by atoms with Gasteiger partial charge in [-0.25, -0.2) is 9.37 Å². The van der Waals surface area contributed by atoms with Gasteiger partial charge in [0.2, 0.25) is 0 Å². The summed E-state index contributed by atoms with van der Waals surface area (Å²) in [6.07, 6.45) is 0.773. The maximum atomic E-state index is 13.0. The van der Waals surface area contributed by atoms with Crippen LogP contribution >= 0.6 is 0 Å². The molecule has 1 atom stereocenters. The van der Waals surface area contributed by atoms with E-state index in [4.69, 9.17) is 10.5 Å². The van der Waals surface area contributed by atoms with Gasteiger partial charge in [0.15, 0.2) is 11.6 Å². The summed E-state index contributed by atoms with van der Waals surface area (Å²) in [6.45, 7) is 5.93. The van der Waals surface area contributed by atoms with Crippen LogP contribution in [-0.2, 0) is 0 Å². The first kappa shape index (κ1) is 13.3. The zero-order valence-electron chi connectivity index (χ0n) is 11.1. The van der Waals surface area contributed by atoms with Crippen molar-refractivity contribution in [1.82, 2.24) is 9.97 Å². The van der Waals surface area contributed by atoms with Gasteiger partial charge in [-0.1, -0.05) is 29.3 Å². The molecule has 0 saturated carbocycles. The first-order valence-corrected chi connectivity index (χ1v) is 5.98. The third-order valence-corrected chi connectivity index (χ3v) is 2.74. The Labute approximate surface area is 111 Å². The van der Waals surface area contributed by atoms with Crippen molar-refractivity contribution in [2.75, 3.05) is 5.73 Å². The largest absolute Gasteiger partial charge is 0.456 e. The summed E-state index contributed by atoms with van der Waals surface area (Å²) in [5.41, 5.74) is 8.71. The molecule has 0 saturated heterocycles. The number of hydrogen-bond donors (Lipinski definition) is 1. The van der Waals surface area contributed by atoms with Crippen molar-refractivity contribution in [2.45, 2.75) is 26.9 Å². The number of aromatic nitrogens is 2. The number of benzene rings is 1. The lowest BCUT2D eigenvalue weighted by Crippen LogP contribution is -2.08. The fraction of sp³-hybridized carbons (Fsp3) is 0.286. The summed E-state index contributed by atoms with van der Waals surface area (Å²) in [5.74, 6) is -0.857. The van der Waals surface area contributed by atoms with Gasteiger partial charge >= 0.3 is 6.01 Å². The molecule has 1 aromatic heterocycles. The van der Waals surface area contributed by atoms with Crippen LogP contribution in [0.2, 0.25) is 0 Å². The van der Waals surface area contributed by atoms with Crippen LogP contribution in [-0.4, -0.2) is 9.97 Å². The second kappa shape index (κ2) is 5.22. The van der Waals surface area contributed by atoms with Gasteiger partial charge in [0, 0.05) is 0 Å². The molecule has 19 heavy (non-hydrogen) atoms. The number of nitrogen functional groups attached to an aromatic ring is 1. The molecule has 5 heteroatoms. The minimum Gasteiger partial charge on any atom is -0.456 e. The average Bonchev–Trinajstić information content (AvgIpc) is 2.32. The summed E-state index contributed by atoms with van der Waals surface area (Å²) in [5, 5.41) is 0. The second-order valence-corrected chi connectivity index (χ2v) is 4.57. The highest BCUT2D eigenvalue weighted by atomic mass is 19.1. The molecule has 0 aliphatic heterocycles. The number of hydrogen-bond acceptors (Lipinski definition) is 4. The van der Waals surface area contributed by atoms with Crippen molar-refractivity contribution in [3.8, 4) is 6.01 Å². The maximum absolute atomic E-state index is 13.0. The van der Waals surface area contributed by atoms with E-state index in [0.717, 1.165) is 22.9 Å². The lowest BCUT2D eigenvalue weighted by atomic mass is 10.0. The molecular formula is C14H16FN3O. The Balaban J connectivity index is 2.20. The standard InChI is InChI=1S/C14H16FN3O/c1-8-4-9(2)6-11(5-8)10(3)19-14-17-7-12(15)13(16)18-14/h4-7,10H,1-3H3,(H2,16,17,18). The predicted molar refractivity (Wildman–Crippen MR) is 71.4 cm³/mol. The first-order valence-electron chi connectivity index (χ1n) is 5.98. The van der Waals surface area contributed by atoms with Crippen LogP contribution in [0.4, 0.5) is 10.2 Å². The number of halogens is 1. The smallest absolute Gasteiger partial charge is 0.319 e. The van der Waals surface area contributed by atoms with Gasteiger partial charge in [-0.3, -0.25) is 0 Å². The maximum Gasteiger partial charge on any atom is 0.319 e. The molecular weight excluding hydrogens is 245 g/mol. The van der Waals surface area contributed by atoms with Crippen LogP contribution in [0.5, 0.6) is 6.01 Å². The van der Waals surface area contributed by atoms with Crippen molar-refractivity contribution < 1.29 is 9.13 Å². The molecule has 0 spiro atoms. The molecule has 1 aromatic carbocycles. The van der Waals surface area contributed by atoms with Gasteiger partial charge in [0.1, 0.15) is 6.10 Å². The van der Waals surface area contributed by atoms with E-state index >= 15 is 0 Å². The number of ether oxygens (including phenoxy) is 1. The lowest BCUT2D eigenvalue weighted by molar-refractivity contribution is 0.207. The Kier molecular flexibility index (Phi) is 3.64. The van der Waals surface area contributed by atoms with Crippen molar-refractivity contribution >= 4 is 5.82 Å². The highest BCUT2D eigenvalue weighted by Crippen LogP contribution is 2.21. The number of rotatable bonds is 3. The SMILES string of the molecule is Cc1cc(C)cc(C(C)Oc2ncc(F)c(N)n2)c1. The fourth-order valence-corrected chi connectivity index (χ4v) is 1.89. The molecule has 2 rings (SSSR count). The second-order valence-electron chi connectivity index (χ2n) is 4.57. The highest BCUT2D eigenvalue weighted by molar-refractivity contribution is 5.31. The summed E-state index contributed by atoms with van der Waals surface area (Å²) in [7, 11) is 0. The van der Waals surface area contributed by atoms with E-state index in [0.29, 0.717) is 0 Å². The van der Waals surface area contributed by atoms with Crippen LogP contribution in [0.15, 0.2) is 24.4 Å². The monoisotopic (exact) mass is 261 g/mol. The Morgan fingerprint density at radius 3 is 2.42 bits per heavy atom. The van der Waals surface area contributed by atoms with Gasteiger partial charge in [-0.2, -0.15) is 4.98 Å². The van der Waals surface area contributed by atoms with Gasteiger partial charge < -0.3 is 10.5 Å². The number of anilines is 1. The van der Waals surface area contributed by atoms with Crippen LogP contribution in [0.1, 0.15) is 29.7 Å². The third-order valence-electron chi connectivity index (χ3n) is 2.74. The third kappa shape index (κ3) is 3.19. The zero-order valence-corrected chi connectivity index (χ0v) is 11.1. The fourth-order valence-electron chi connectivity index (χ4n) is 1.89. The molecule has 0 amide bonds. The van der Waals surface area contributed by atoms with E-state index in [1.165, 1.54) is 0 Å². The summed E-state index contributed by atoms with van der Waals surface area (Å²) >= 11 is 0. The van der Waals surface area contributed by atoms with E-state index in [2.05, 4.69) is 16.0 Å². The normalized spacial score (nSPS) is 12.2. The number of aryl methyl sites for hydroxylation is 2. The molecule has 0 aliphatic rings. The van der Waals surface area contributed by atoms with E-state index < -0.39 is 5.82 Å². The van der Waals surface area contributed by atoms with E-state index in [9.17, 15) is 4.39 Å². The summed E-state index contributed by atoms with van der Waals surface area (Å²) in [6, 6.07) is 6.23. The van der Waals surface area contributed by atoms with E-state index in [1.54, 1.807) is 0 Å². The minimum atomic E-state index is -0.647. The molecule has 2 aromatic rings. The van der Waals surface area contributed by atoms with Crippen molar-refractivity contribution in [2.24, 2.45) is 0 Å². The summed E-state index contributed by atoms with van der Waals surface area (Å²) in [4.78, 5) is 7.51. The van der Waals surface area contributed by atoms with Gasteiger partial charge in [0.05, 0.1) is 6.20 Å². The number of nitrogens with zero attached hydrogens (tertiary/aromatic N) is 2. The van der Waals surface area contributed by atoms with Gasteiger partial charge in [-0.05, 0) is 26.3 Å². The molecule has 1 unspecified atom stereocenters. The predicted octanol–water partition coefficient (Wildman–Crippen LogP) is 2.95. The van der Waals surface area contributed by atoms with Crippen LogP contribution in [0.25, 0.3) is 0 Å². The Morgan fingerprint density at radius 2 is 1.84 bits per heavy atom. The van der Waals surface area contributed by atoms with Crippen LogP contribution in [0, 0.1) is 19.7 Å². The topological polar surface area (TPSA) is 61.0 Å². The molecule has 4 nitrogen and oxygen atoms in total. The molecule has 0 fully saturated rings. The molecule has 0 radical (unpaired) electrons. The summed E-state index contributed by atoms with van der Waals surface area (Å²) < 4.78 is 18.5. The Bertz CT molecular complexity index is 581. The molecule has 100 valence electrons. The molecule has 2 N–H and O–H groups in total. The quantitative estimate of drug-likeness (QED) is 0.922. The van der Waals surface area contributed by atoms with E-state index in [-0.39, 0.29) is 17.9 Å². The van der Waals surface area contributed by atoms with Gasteiger partial charge in [0.25, 0.3) is 0 Å². The average molecular weight is 261 g/mol. The van der Waals surface area contributed by atoms with Crippen molar-refractivity contribution in [1.29, 1.82) is 0 Å².